The number of hydrogen-bond donors (Lipinski definition) is 2. The van der Waals surface area contributed by atoms with Crippen molar-refractivity contribution in [2.45, 2.75) is 12.5 Å². The predicted octanol–water partition coefficient (Wildman–Crippen LogP) is 3.40. The molecule has 1 aromatic carbocycles. The van der Waals surface area contributed by atoms with Crippen molar-refractivity contribution in [2.24, 2.45) is 0 Å². The maximum Gasteiger partial charge on any atom is 0.284 e. The molecule has 0 saturated carbocycles. The smallest absolute Gasteiger partial charge is 0.284 e. The van der Waals surface area contributed by atoms with Crippen molar-refractivity contribution >= 4 is 39.8 Å². The average molecular weight is 511 g/mol. The van der Waals surface area contributed by atoms with E-state index in [0.29, 0.717) is 39.3 Å². The molecule has 0 radical (unpaired) electrons. The molecule has 37 heavy (non-hydrogen) atoms. The quantitative estimate of drug-likeness (QED) is 0.368. The number of nitrogen functional groups attached to an aromatic ring is 1. The van der Waals surface area contributed by atoms with Crippen molar-refractivity contribution in [1.82, 2.24) is 39.3 Å². The van der Waals surface area contributed by atoms with Gasteiger partial charge in [0.2, 0.25) is 0 Å². The van der Waals surface area contributed by atoms with E-state index >= 15 is 0 Å². The van der Waals surface area contributed by atoms with Crippen LogP contribution < -0.4 is 16.2 Å². The summed E-state index contributed by atoms with van der Waals surface area (Å²) in [4.78, 5) is 29.0. The number of anilines is 2. The molecule has 7 rings (SSSR count). The second-order valence-electron chi connectivity index (χ2n) is 8.76. The zero-order chi connectivity index (χ0) is 25.1. The van der Waals surface area contributed by atoms with E-state index in [4.69, 9.17) is 22.4 Å². The zero-order valence-corrected chi connectivity index (χ0v) is 20.0. The molecule has 6 aromatic rings. The van der Waals surface area contributed by atoms with Gasteiger partial charge in [0.1, 0.15) is 23.5 Å². The monoisotopic (exact) mass is 510 g/mol. The fourth-order valence-electron chi connectivity index (χ4n) is 4.82. The number of hydrogen-bond acceptors (Lipinski definition) is 8. The van der Waals surface area contributed by atoms with Gasteiger partial charge in [0.25, 0.3) is 5.56 Å². The molecule has 1 aliphatic rings. The Labute approximate surface area is 214 Å². The number of pyridine rings is 1. The molecule has 0 bridgehead atoms. The second kappa shape index (κ2) is 8.14. The normalized spacial score (nSPS) is 15.4. The fraction of sp³-hybridized carbons (Fsp3) is 0.120. The number of aromatic amines is 1. The Morgan fingerprint density at radius 2 is 1.92 bits per heavy atom. The minimum atomic E-state index is -0.233. The molecule has 3 N–H and O–H groups in total. The van der Waals surface area contributed by atoms with Crippen LogP contribution in [-0.2, 0) is 0 Å². The van der Waals surface area contributed by atoms with Crippen LogP contribution in [-0.4, -0.2) is 45.9 Å². The van der Waals surface area contributed by atoms with Crippen LogP contribution in [0, 0.1) is 0 Å². The summed E-state index contributed by atoms with van der Waals surface area (Å²) in [5.74, 6) is 1.71. The van der Waals surface area contributed by atoms with E-state index in [1.807, 2.05) is 36.4 Å². The first kappa shape index (κ1) is 21.5. The molecule has 0 amide bonds. The van der Waals surface area contributed by atoms with E-state index < -0.39 is 0 Å². The van der Waals surface area contributed by atoms with Gasteiger partial charge in [0, 0.05) is 24.5 Å². The Kier molecular flexibility index (Phi) is 4.73. The Morgan fingerprint density at radius 1 is 1.05 bits per heavy atom. The van der Waals surface area contributed by atoms with Crippen LogP contribution in [0.2, 0.25) is 5.02 Å². The average Bonchev–Trinajstić information content (AvgIpc) is 3.49. The molecular formula is C25H19ClN10O. The van der Waals surface area contributed by atoms with Gasteiger partial charge in [-0.2, -0.15) is 10.2 Å². The van der Waals surface area contributed by atoms with Crippen LogP contribution in [0.3, 0.4) is 0 Å². The Morgan fingerprint density at radius 3 is 2.68 bits per heavy atom. The first-order chi connectivity index (χ1) is 18.1. The maximum atomic E-state index is 13.7. The molecule has 1 unspecified atom stereocenters. The summed E-state index contributed by atoms with van der Waals surface area (Å²) in [6, 6.07) is 14.5. The van der Waals surface area contributed by atoms with Gasteiger partial charge < -0.3 is 10.6 Å². The number of nitrogens with two attached hydrogens (primary N) is 1. The van der Waals surface area contributed by atoms with Crippen LogP contribution in [0.15, 0.2) is 72.0 Å². The number of nitrogens with zero attached hydrogens (tertiary/aromatic N) is 8. The minimum Gasteiger partial charge on any atom is -0.384 e. The summed E-state index contributed by atoms with van der Waals surface area (Å²) in [6.07, 6.45) is 5.66. The molecule has 5 aromatic heterocycles. The van der Waals surface area contributed by atoms with E-state index in [2.05, 4.69) is 30.0 Å². The SMILES string of the molecule is Nc1ccc(-c2[nH]nc3ncnc(N4CCC4c4nn5ccc(Cl)c5c(=O)n4-c4ccccc4)c23)cn1. The van der Waals surface area contributed by atoms with Crippen LogP contribution >= 0.6 is 11.6 Å². The summed E-state index contributed by atoms with van der Waals surface area (Å²) < 4.78 is 3.19. The van der Waals surface area contributed by atoms with E-state index in [1.54, 1.807) is 33.6 Å². The number of halogens is 1. The van der Waals surface area contributed by atoms with Crippen molar-refractivity contribution in [3.05, 3.63) is 88.5 Å². The summed E-state index contributed by atoms with van der Waals surface area (Å²) in [7, 11) is 0. The Hall–Kier alpha value is -4.77. The molecule has 11 nitrogen and oxygen atoms in total. The van der Waals surface area contributed by atoms with Gasteiger partial charge in [-0.05, 0) is 36.8 Å². The largest absolute Gasteiger partial charge is 0.384 e. The van der Waals surface area contributed by atoms with Crippen molar-refractivity contribution < 1.29 is 0 Å². The summed E-state index contributed by atoms with van der Waals surface area (Å²) in [6.45, 7) is 0.719. The van der Waals surface area contributed by atoms with Crippen molar-refractivity contribution in [2.75, 3.05) is 17.2 Å². The Balaban J connectivity index is 1.41. The van der Waals surface area contributed by atoms with E-state index in [0.717, 1.165) is 29.6 Å². The molecule has 1 atom stereocenters. The van der Waals surface area contributed by atoms with Gasteiger partial charge in [-0.3, -0.25) is 14.5 Å². The third-order valence-electron chi connectivity index (χ3n) is 6.67. The highest BCUT2D eigenvalue weighted by Crippen LogP contribution is 2.41. The van der Waals surface area contributed by atoms with Crippen molar-refractivity contribution in [3.63, 3.8) is 0 Å². The lowest BCUT2D eigenvalue weighted by Gasteiger charge is -2.42. The fourth-order valence-corrected chi connectivity index (χ4v) is 5.04. The highest BCUT2D eigenvalue weighted by molar-refractivity contribution is 6.33. The number of aromatic nitrogens is 8. The number of H-pyrrole nitrogens is 1. The maximum absolute atomic E-state index is 13.7. The van der Waals surface area contributed by atoms with Crippen LogP contribution in [0.5, 0.6) is 0 Å². The summed E-state index contributed by atoms with van der Waals surface area (Å²) in [5, 5.41) is 13.4. The van der Waals surface area contributed by atoms with E-state index in [9.17, 15) is 4.79 Å². The number of fused-ring (bicyclic) bond motifs is 2. The van der Waals surface area contributed by atoms with Gasteiger partial charge in [0.15, 0.2) is 11.5 Å². The molecule has 1 saturated heterocycles. The van der Waals surface area contributed by atoms with Gasteiger partial charge in [-0.1, -0.05) is 29.8 Å². The molecule has 0 spiro atoms. The standard InChI is InChI=1S/C25H19ClN10O/c26-16-8-11-35-21(16)25(37)36(15-4-2-1-3-5-15)23(33-35)17-9-10-34(17)24-19-20(14-6-7-18(27)28-12-14)31-32-22(19)29-13-30-24/h1-8,11-13,17H,9-10H2,(H2,27,28)(H,29,30,31,32). The molecule has 12 heteroatoms. The van der Waals surface area contributed by atoms with Crippen molar-refractivity contribution in [1.29, 1.82) is 0 Å². The first-order valence-corrected chi connectivity index (χ1v) is 12.0. The first-order valence-electron chi connectivity index (χ1n) is 11.6. The van der Waals surface area contributed by atoms with Gasteiger partial charge >= 0.3 is 0 Å². The topological polar surface area (TPSA) is 136 Å². The molecule has 182 valence electrons. The van der Waals surface area contributed by atoms with Gasteiger partial charge in [-0.25, -0.2) is 19.5 Å². The minimum absolute atomic E-state index is 0.219. The number of rotatable bonds is 4. The van der Waals surface area contributed by atoms with E-state index in [-0.39, 0.29) is 11.6 Å². The zero-order valence-electron chi connectivity index (χ0n) is 19.3. The van der Waals surface area contributed by atoms with Crippen molar-refractivity contribution in [3.8, 4) is 16.9 Å². The Bertz CT molecular complexity index is 1840. The lowest BCUT2D eigenvalue weighted by atomic mass is 10.0. The van der Waals surface area contributed by atoms with Crippen LogP contribution in [0.1, 0.15) is 18.3 Å². The molecule has 1 fully saturated rings. The van der Waals surface area contributed by atoms with Gasteiger partial charge in [-0.15, -0.1) is 0 Å². The molecular weight excluding hydrogens is 492 g/mol. The van der Waals surface area contributed by atoms with Gasteiger partial charge in [0.05, 0.1) is 27.8 Å². The third kappa shape index (κ3) is 3.28. The third-order valence-corrected chi connectivity index (χ3v) is 6.98. The van der Waals surface area contributed by atoms with E-state index in [1.165, 1.54) is 6.33 Å². The molecule has 1 aliphatic heterocycles. The molecule has 0 aliphatic carbocycles. The predicted molar refractivity (Wildman–Crippen MR) is 140 cm³/mol. The molecule has 6 heterocycles. The number of para-hydroxylation sites is 1. The summed E-state index contributed by atoms with van der Waals surface area (Å²) >= 11 is 6.36. The summed E-state index contributed by atoms with van der Waals surface area (Å²) in [5.41, 5.74) is 8.68. The number of benzene rings is 1. The highest BCUT2D eigenvalue weighted by atomic mass is 35.5. The highest BCUT2D eigenvalue weighted by Gasteiger charge is 2.37. The lowest BCUT2D eigenvalue weighted by molar-refractivity contribution is 0.424. The second-order valence-corrected chi connectivity index (χ2v) is 9.16. The van der Waals surface area contributed by atoms with Crippen LogP contribution in [0.25, 0.3) is 33.5 Å². The van der Waals surface area contributed by atoms with Crippen LogP contribution in [0.4, 0.5) is 11.6 Å². The number of nitrogens with one attached hydrogen (secondary N) is 1. The lowest BCUT2D eigenvalue weighted by Crippen LogP contribution is -2.45.